The minimum atomic E-state index is -4.36. The molecule has 24 heavy (non-hydrogen) atoms. The van der Waals surface area contributed by atoms with E-state index in [1.54, 1.807) is 0 Å². The van der Waals surface area contributed by atoms with Crippen LogP contribution in [0.3, 0.4) is 0 Å². The molecule has 0 bridgehead atoms. The lowest BCUT2D eigenvalue weighted by Gasteiger charge is -2.59. The first-order valence-electron chi connectivity index (χ1n) is 9.79. The first kappa shape index (κ1) is 16.9. The summed E-state index contributed by atoms with van der Waals surface area (Å²) in [6, 6.07) is 0. The van der Waals surface area contributed by atoms with Crippen molar-refractivity contribution in [3.8, 4) is 0 Å². The SMILES string of the molecule is CC12CCC3C(CC[C@H]4CCCCC34C)C1CC(C(F)(F)F)C2=O. The lowest BCUT2D eigenvalue weighted by Crippen LogP contribution is -2.52. The van der Waals surface area contributed by atoms with Crippen molar-refractivity contribution in [3.05, 3.63) is 0 Å². The highest BCUT2D eigenvalue weighted by molar-refractivity contribution is 5.90. The monoisotopic (exact) mass is 342 g/mol. The number of alkyl halides is 3. The molecular weight excluding hydrogens is 313 g/mol. The summed E-state index contributed by atoms with van der Waals surface area (Å²) in [6.07, 6.45) is 4.64. The Labute approximate surface area is 142 Å². The van der Waals surface area contributed by atoms with Crippen molar-refractivity contribution in [3.63, 3.8) is 0 Å². The predicted molar refractivity (Wildman–Crippen MR) is 86.3 cm³/mol. The third-order valence-electron chi connectivity index (χ3n) is 8.74. The average molecular weight is 342 g/mol. The lowest BCUT2D eigenvalue weighted by molar-refractivity contribution is -0.180. The van der Waals surface area contributed by atoms with Crippen molar-refractivity contribution < 1.29 is 18.0 Å². The first-order valence-corrected chi connectivity index (χ1v) is 9.79. The minimum Gasteiger partial charge on any atom is -0.298 e. The second kappa shape index (κ2) is 5.23. The van der Waals surface area contributed by atoms with Crippen molar-refractivity contribution in [1.29, 1.82) is 0 Å². The molecule has 0 aromatic rings. The van der Waals surface area contributed by atoms with Crippen LogP contribution in [0.4, 0.5) is 13.2 Å². The van der Waals surface area contributed by atoms with Gasteiger partial charge >= 0.3 is 6.18 Å². The molecule has 0 aromatic carbocycles. The first-order chi connectivity index (χ1) is 11.2. The summed E-state index contributed by atoms with van der Waals surface area (Å²) in [4.78, 5) is 12.6. The molecule has 4 aliphatic rings. The van der Waals surface area contributed by atoms with Crippen LogP contribution >= 0.6 is 0 Å². The molecule has 7 atom stereocenters. The molecule has 4 rings (SSSR count). The van der Waals surface area contributed by atoms with Crippen molar-refractivity contribution in [2.75, 3.05) is 0 Å². The van der Waals surface area contributed by atoms with Gasteiger partial charge < -0.3 is 0 Å². The Balaban J connectivity index is 1.66. The van der Waals surface area contributed by atoms with Gasteiger partial charge in [-0.3, -0.25) is 4.79 Å². The van der Waals surface area contributed by atoms with E-state index < -0.39 is 23.3 Å². The normalized spacial score (nSPS) is 51.7. The van der Waals surface area contributed by atoms with Crippen LogP contribution < -0.4 is 0 Å². The van der Waals surface area contributed by atoms with E-state index >= 15 is 0 Å². The molecule has 0 radical (unpaired) electrons. The van der Waals surface area contributed by atoms with E-state index in [0.717, 1.165) is 25.2 Å². The molecule has 0 aliphatic heterocycles. The fourth-order valence-corrected chi connectivity index (χ4v) is 7.40. The summed E-state index contributed by atoms with van der Waals surface area (Å²) in [5, 5.41) is 0. The van der Waals surface area contributed by atoms with Crippen LogP contribution in [0.25, 0.3) is 0 Å². The molecule has 4 fully saturated rings. The zero-order valence-electron chi connectivity index (χ0n) is 14.8. The van der Waals surface area contributed by atoms with Gasteiger partial charge in [0.1, 0.15) is 5.92 Å². The Morgan fingerprint density at radius 2 is 1.71 bits per heavy atom. The van der Waals surface area contributed by atoms with E-state index in [1.807, 2.05) is 6.92 Å². The van der Waals surface area contributed by atoms with E-state index in [0.29, 0.717) is 23.7 Å². The van der Waals surface area contributed by atoms with Crippen LogP contribution in [-0.2, 0) is 4.79 Å². The van der Waals surface area contributed by atoms with E-state index in [1.165, 1.54) is 25.7 Å². The maximum atomic E-state index is 13.4. The Hall–Kier alpha value is -0.540. The van der Waals surface area contributed by atoms with Crippen molar-refractivity contribution in [2.24, 2.45) is 40.4 Å². The Kier molecular flexibility index (Phi) is 3.69. The van der Waals surface area contributed by atoms with E-state index in [4.69, 9.17) is 0 Å². The van der Waals surface area contributed by atoms with Gasteiger partial charge in [0.15, 0.2) is 5.78 Å². The summed E-state index contributed by atoms with van der Waals surface area (Å²) in [6.45, 7) is 4.26. The van der Waals surface area contributed by atoms with Crippen LogP contribution in [0.2, 0.25) is 0 Å². The molecule has 4 saturated carbocycles. The van der Waals surface area contributed by atoms with Crippen LogP contribution in [-0.4, -0.2) is 12.0 Å². The summed E-state index contributed by atoms with van der Waals surface area (Å²) in [5.74, 6) is -0.631. The van der Waals surface area contributed by atoms with Gasteiger partial charge in [0.05, 0.1) is 0 Å². The molecule has 4 heteroatoms. The van der Waals surface area contributed by atoms with Crippen molar-refractivity contribution in [2.45, 2.75) is 77.8 Å². The van der Waals surface area contributed by atoms with Gasteiger partial charge in [-0.05, 0) is 74.0 Å². The molecule has 0 spiro atoms. The molecule has 6 unspecified atom stereocenters. The van der Waals surface area contributed by atoms with E-state index in [9.17, 15) is 18.0 Å². The molecule has 4 aliphatic carbocycles. The highest BCUT2D eigenvalue weighted by atomic mass is 19.4. The van der Waals surface area contributed by atoms with Crippen molar-refractivity contribution in [1.82, 2.24) is 0 Å². The second-order valence-electron chi connectivity index (χ2n) is 9.55. The zero-order chi connectivity index (χ0) is 17.3. The number of Topliss-reactive ketones (excluding diaryl/α,β-unsaturated/α-hetero) is 1. The standard InChI is InChI=1S/C20H29F3O/c1-18-9-4-3-5-12(18)6-7-13-14(18)8-10-19(2)15(13)11-16(17(19)24)20(21,22)23/h12-16H,3-11H2,1-2H3/t12-,13?,14?,15?,16?,18?,19?/m1/s1. The summed E-state index contributed by atoms with van der Waals surface area (Å²) < 4.78 is 40.1. The molecule has 0 heterocycles. The molecular formula is C20H29F3O. The Morgan fingerprint density at radius 1 is 0.958 bits per heavy atom. The van der Waals surface area contributed by atoms with E-state index in [-0.39, 0.29) is 12.3 Å². The highest BCUT2D eigenvalue weighted by Gasteiger charge is 2.65. The number of ketones is 1. The number of hydrogen-bond donors (Lipinski definition) is 0. The second-order valence-corrected chi connectivity index (χ2v) is 9.55. The van der Waals surface area contributed by atoms with Crippen molar-refractivity contribution >= 4 is 5.78 Å². The number of hydrogen-bond acceptors (Lipinski definition) is 1. The van der Waals surface area contributed by atoms with Gasteiger partial charge in [0.25, 0.3) is 0 Å². The Bertz CT molecular complexity index is 541. The van der Waals surface area contributed by atoms with Crippen LogP contribution in [0.15, 0.2) is 0 Å². The molecule has 0 amide bonds. The zero-order valence-corrected chi connectivity index (χ0v) is 14.8. The number of rotatable bonds is 0. The molecule has 0 saturated heterocycles. The van der Waals surface area contributed by atoms with E-state index in [2.05, 4.69) is 6.92 Å². The van der Waals surface area contributed by atoms with Gasteiger partial charge in [-0.2, -0.15) is 13.2 Å². The quantitative estimate of drug-likeness (QED) is 0.545. The Morgan fingerprint density at radius 3 is 2.42 bits per heavy atom. The fourth-order valence-electron chi connectivity index (χ4n) is 7.40. The third-order valence-corrected chi connectivity index (χ3v) is 8.74. The minimum absolute atomic E-state index is 0.0462. The van der Waals surface area contributed by atoms with Gasteiger partial charge in [-0.1, -0.05) is 26.7 Å². The number of fused-ring (bicyclic) bond motifs is 5. The smallest absolute Gasteiger partial charge is 0.298 e. The average Bonchev–Trinajstić information content (AvgIpc) is 2.79. The molecule has 0 N–H and O–H groups in total. The predicted octanol–water partition coefficient (Wildman–Crippen LogP) is 5.78. The highest BCUT2D eigenvalue weighted by Crippen LogP contribution is 2.67. The molecule has 136 valence electrons. The lowest BCUT2D eigenvalue weighted by atomic mass is 9.45. The summed E-state index contributed by atoms with van der Waals surface area (Å²) >= 11 is 0. The van der Waals surface area contributed by atoms with Crippen LogP contribution in [0.5, 0.6) is 0 Å². The maximum Gasteiger partial charge on any atom is 0.398 e. The third kappa shape index (κ3) is 2.16. The van der Waals surface area contributed by atoms with Gasteiger partial charge in [0.2, 0.25) is 0 Å². The van der Waals surface area contributed by atoms with Crippen LogP contribution in [0, 0.1) is 40.4 Å². The number of halogens is 3. The molecule has 0 aromatic heterocycles. The van der Waals surface area contributed by atoms with Gasteiger partial charge in [-0.25, -0.2) is 0 Å². The van der Waals surface area contributed by atoms with Gasteiger partial charge in [-0.15, -0.1) is 0 Å². The van der Waals surface area contributed by atoms with Crippen LogP contribution in [0.1, 0.15) is 71.6 Å². The number of carbonyl (C=O) groups excluding carboxylic acids is 1. The topological polar surface area (TPSA) is 17.1 Å². The van der Waals surface area contributed by atoms with Gasteiger partial charge in [0, 0.05) is 5.41 Å². The maximum absolute atomic E-state index is 13.4. The largest absolute Gasteiger partial charge is 0.398 e. The fraction of sp³-hybridized carbons (Fsp3) is 0.950. The summed E-state index contributed by atoms with van der Waals surface area (Å²) in [7, 11) is 0. The molecule has 1 nitrogen and oxygen atoms in total. The number of carbonyl (C=O) groups is 1. The summed E-state index contributed by atoms with van der Waals surface area (Å²) in [5.41, 5.74) is -0.416.